The van der Waals surface area contributed by atoms with Crippen molar-refractivity contribution < 1.29 is 9.59 Å². The number of ketones is 1. The van der Waals surface area contributed by atoms with E-state index in [2.05, 4.69) is 22.3 Å². The molecule has 5 rings (SSSR count). The summed E-state index contributed by atoms with van der Waals surface area (Å²) in [5.41, 5.74) is 3.84. The fourth-order valence-corrected chi connectivity index (χ4v) is 6.10. The largest absolute Gasteiger partial charge is 0.294 e. The average Bonchev–Trinajstić information content (AvgIpc) is 3.27. The Morgan fingerprint density at radius 2 is 1.71 bits per heavy atom. The zero-order chi connectivity index (χ0) is 21.2. The quantitative estimate of drug-likeness (QED) is 0.389. The summed E-state index contributed by atoms with van der Waals surface area (Å²) < 4.78 is 0.820. The number of anilines is 1. The number of allylic oxidation sites excluding steroid dienone is 2. The van der Waals surface area contributed by atoms with E-state index in [0.29, 0.717) is 18.0 Å². The van der Waals surface area contributed by atoms with E-state index < -0.39 is 0 Å². The van der Waals surface area contributed by atoms with Gasteiger partial charge < -0.3 is 0 Å². The van der Waals surface area contributed by atoms with Gasteiger partial charge in [-0.3, -0.25) is 14.5 Å². The van der Waals surface area contributed by atoms with E-state index in [4.69, 9.17) is 0 Å². The zero-order valence-corrected chi connectivity index (χ0v) is 18.5. The summed E-state index contributed by atoms with van der Waals surface area (Å²) in [6.07, 6.45) is 2.29. The first kappa shape index (κ1) is 20.2. The molecule has 2 aliphatic rings. The van der Waals surface area contributed by atoms with Gasteiger partial charge in [-0.05, 0) is 24.0 Å². The summed E-state index contributed by atoms with van der Waals surface area (Å²) >= 11 is 3.03. The van der Waals surface area contributed by atoms with Gasteiger partial charge in [0.2, 0.25) is 11.0 Å². The fourth-order valence-electron chi connectivity index (χ4n) is 4.26. The number of hydrogen-bond donors (Lipinski definition) is 0. The predicted octanol–water partition coefficient (Wildman–Crippen LogP) is 5.36. The van der Waals surface area contributed by atoms with E-state index in [-0.39, 0.29) is 24.0 Å². The van der Waals surface area contributed by atoms with Crippen LogP contribution < -0.4 is 4.90 Å². The Labute approximate surface area is 189 Å². The molecular formula is C24H21N3O2S2. The molecule has 7 heteroatoms. The third-order valence-electron chi connectivity index (χ3n) is 5.67. The normalized spacial score (nSPS) is 19.0. The van der Waals surface area contributed by atoms with Crippen LogP contribution in [0.5, 0.6) is 0 Å². The lowest BCUT2D eigenvalue weighted by molar-refractivity contribution is -0.119. The Morgan fingerprint density at radius 1 is 0.968 bits per heavy atom. The molecule has 1 aromatic heterocycles. The lowest BCUT2D eigenvalue weighted by Crippen LogP contribution is -2.40. The second kappa shape index (κ2) is 8.77. The number of carbonyl (C=O) groups is 2. The Morgan fingerprint density at radius 3 is 2.48 bits per heavy atom. The minimum Gasteiger partial charge on any atom is -0.294 e. The number of benzene rings is 2. The fraction of sp³-hybridized carbons (Fsp3) is 0.250. The highest BCUT2D eigenvalue weighted by Gasteiger charge is 2.40. The molecule has 156 valence electrons. The molecule has 0 radical (unpaired) electrons. The molecule has 3 aromatic rings. The average molecular weight is 448 g/mol. The van der Waals surface area contributed by atoms with Crippen molar-refractivity contribution >= 4 is 39.9 Å². The Kier molecular flexibility index (Phi) is 5.70. The van der Waals surface area contributed by atoms with Gasteiger partial charge in [-0.2, -0.15) is 0 Å². The van der Waals surface area contributed by atoms with Crippen LogP contribution in [-0.2, 0) is 15.3 Å². The van der Waals surface area contributed by atoms with Crippen molar-refractivity contribution in [3.05, 3.63) is 83.1 Å². The molecule has 0 saturated carbocycles. The number of hydrogen-bond acceptors (Lipinski definition) is 6. The predicted molar refractivity (Wildman–Crippen MR) is 123 cm³/mol. The highest BCUT2D eigenvalue weighted by atomic mass is 32.2. The maximum Gasteiger partial charge on any atom is 0.234 e. The lowest BCUT2D eigenvalue weighted by atomic mass is 9.77. The molecule has 0 bridgehead atoms. The number of rotatable bonds is 5. The topological polar surface area (TPSA) is 63.2 Å². The van der Waals surface area contributed by atoms with Gasteiger partial charge in [0.15, 0.2) is 10.1 Å². The molecule has 1 aliphatic carbocycles. The summed E-state index contributed by atoms with van der Waals surface area (Å²) in [5.74, 6) is 0.757. The second-order valence-electron chi connectivity index (χ2n) is 7.66. The summed E-state index contributed by atoms with van der Waals surface area (Å²) in [5, 5.41) is 9.19. The summed E-state index contributed by atoms with van der Waals surface area (Å²) in [7, 11) is 0. The molecule has 1 amide bonds. The van der Waals surface area contributed by atoms with Gasteiger partial charge in [0.25, 0.3) is 0 Å². The highest BCUT2D eigenvalue weighted by Crippen LogP contribution is 2.44. The molecule has 1 atom stereocenters. The van der Waals surface area contributed by atoms with Crippen LogP contribution >= 0.6 is 23.1 Å². The molecule has 2 heterocycles. The van der Waals surface area contributed by atoms with E-state index in [1.807, 2.05) is 48.5 Å². The molecule has 0 unspecified atom stereocenters. The first-order valence-corrected chi connectivity index (χ1v) is 12.2. The van der Waals surface area contributed by atoms with E-state index >= 15 is 0 Å². The Bertz CT molecular complexity index is 1140. The van der Waals surface area contributed by atoms with Crippen LogP contribution in [0.1, 0.15) is 42.7 Å². The molecular weight excluding hydrogens is 426 g/mol. The first-order valence-electron chi connectivity index (χ1n) is 10.3. The first-order chi connectivity index (χ1) is 15.2. The van der Waals surface area contributed by atoms with Crippen LogP contribution in [-0.4, -0.2) is 21.9 Å². The van der Waals surface area contributed by atoms with E-state index in [1.54, 1.807) is 16.7 Å². The standard InChI is InChI=1S/C24H21N3O2S2/c28-20-13-7-12-19-22(20)18(17-10-5-2-6-11-17)14-21(29)27(19)23-25-26-24(31-23)30-15-16-8-3-1-4-9-16/h1-6,8-11,18H,7,12-15H2/t18-/m1/s1. The molecule has 0 fully saturated rings. The minimum absolute atomic E-state index is 0.0157. The molecule has 0 spiro atoms. The van der Waals surface area contributed by atoms with Crippen molar-refractivity contribution in [2.75, 3.05) is 4.90 Å². The van der Waals surface area contributed by atoms with Crippen molar-refractivity contribution in [1.82, 2.24) is 10.2 Å². The maximum atomic E-state index is 13.2. The molecule has 0 N–H and O–H groups in total. The van der Waals surface area contributed by atoms with Gasteiger partial charge in [0.1, 0.15) is 0 Å². The smallest absolute Gasteiger partial charge is 0.234 e. The highest BCUT2D eigenvalue weighted by molar-refractivity contribution is 8.00. The number of amides is 1. The van der Waals surface area contributed by atoms with Crippen molar-refractivity contribution in [2.45, 2.75) is 41.7 Å². The van der Waals surface area contributed by atoms with Gasteiger partial charge in [-0.1, -0.05) is 83.8 Å². The van der Waals surface area contributed by atoms with Crippen LogP contribution in [0, 0.1) is 0 Å². The van der Waals surface area contributed by atoms with Crippen LogP contribution in [0.2, 0.25) is 0 Å². The molecule has 31 heavy (non-hydrogen) atoms. The second-order valence-corrected chi connectivity index (χ2v) is 9.84. The van der Waals surface area contributed by atoms with E-state index in [9.17, 15) is 9.59 Å². The summed E-state index contributed by atoms with van der Waals surface area (Å²) in [4.78, 5) is 27.8. The van der Waals surface area contributed by atoms with E-state index in [1.165, 1.54) is 16.9 Å². The third-order valence-corrected chi connectivity index (χ3v) is 7.78. The number of aromatic nitrogens is 2. The summed E-state index contributed by atoms with van der Waals surface area (Å²) in [6.45, 7) is 0. The van der Waals surface area contributed by atoms with Crippen molar-refractivity contribution in [2.24, 2.45) is 0 Å². The van der Waals surface area contributed by atoms with Crippen molar-refractivity contribution in [3.63, 3.8) is 0 Å². The van der Waals surface area contributed by atoms with Crippen molar-refractivity contribution in [3.8, 4) is 0 Å². The SMILES string of the molecule is O=C1CCCC2=C1[C@@H](c1ccccc1)CC(=O)N2c1nnc(SCc2ccccc2)s1. The third kappa shape index (κ3) is 4.07. The van der Waals surface area contributed by atoms with Crippen molar-refractivity contribution in [1.29, 1.82) is 0 Å². The molecule has 5 nitrogen and oxygen atoms in total. The summed E-state index contributed by atoms with van der Waals surface area (Å²) in [6, 6.07) is 20.1. The molecule has 1 aliphatic heterocycles. The van der Waals surface area contributed by atoms with Crippen LogP contribution in [0.4, 0.5) is 5.13 Å². The number of Topliss-reactive ketones (excluding diaryl/α,β-unsaturated/α-hetero) is 1. The van der Waals surface area contributed by atoms with Gasteiger partial charge in [-0.25, -0.2) is 0 Å². The van der Waals surface area contributed by atoms with Gasteiger partial charge in [-0.15, -0.1) is 10.2 Å². The van der Waals surface area contributed by atoms with Crippen LogP contribution in [0.15, 0.2) is 76.3 Å². The maximum absolute atomic E-state index is 13.2. The minimum atomic E-state index is -0.174. The Hall–Kier alpha value is -2.77. The number of nitrogens with zero attached hydrogens (tertiary/aromatic N) is 3. The van der Waals surface area contributed by atoms with Crippen LogP contribution in [0.3, 0.4) is 0 Å². The molecule has 0 saturated heterocycles. The number of carbonyl (C=O) groups excluding carboxylic acids is 2. The molecule has 2 aromatic carbocycles. The van der Waals surface area contributed by atoms with E-state index in [0.717, 1.165) is 33.3 Å². The van der Waals surface area contributed by atoms with Gasteiger partial charge >= 0.3 is 0 Å². The number of thioether (sulfide) groups is 1. The zero-order valence-electron chi connectivity index (χ0n) is 16.9. The van der Waals surface area contributed by atoms with Gasteiger partial charge in [0.05, 0.1) is 0 Å². The monoisotopic (exact) mass is 447 g/mol. The Balaban J connectivity index is 1.45. The van der Waals surface area contributed by atoms with Gasteiger partial charge in [0, 0.05) is 35.8 Å². The lowest BCUT2D eigenvalue weighted by Gasteiger charge is -2.36. The van der Waals surface area contributed by atoms with Crippen LogP contribution in [0.25, 0.3) is 0 Å².